The summed E-state index contributed by atoms with van der Waals surface area (Å²) in [6, 6.07) is 13.9. The molecule has 0 aromatic heterocycles. The largest absolute Gasteiger partial charge is 0.326 e. The van der Waals surface area contributed by atoms with Crippen molar-refractivity contribution in [3.05, 3.63) is 59.7 Å². The van der Waals surface area contributed by atoms with Crippen LogP contribution < -0.4 is 15.8 Å². The second-order valence-electron chi connectivity index (χ2n) is 7.09. The molecule has 4 N–H and O–H groups in total. The summed E-state index contributed by atoms with van der Waals surface area (Å²) in [4.78, 5) is 12.8. The van der Waals surface area contributed by atoms with Crippen molar-refractivity contribution in [3.8, 4) is 0 Å². The lowest BCUT2D eigenvalue weighted by Gasteiger charge is -2.20. The molecule has 1 fully saturated rings. The zero-order valence-corrected chi connectivity index (χ0v) is 16.3. The van der Waals surface area contributed by atoms with Gasteiger partial charge in [-0.05, 0) is 43.0 Å². The van der Waals surface area contributed by atoms with E-state index in [-0.39, 0.29) is 16.8 Å². The number of carbonyl (C=O) groups excluding carboxylic acids is 1. The van der Waals surface area contributed by atoms with Crippen molar-refractivity contribution in [1.82, 2.24) is 4.72 Å². The molecule has 27 heavy (non-hydrogen) atoms. The Labute approximate surface area is 160 Å². The summed E-state index contributed by atoms with van der Waals surface area (Å²) in [6.45, 7) is 3.49. The highest BCUT2D eigenvalue weighted by atomic mass is 32.2. The fraction of sp³-hybridized carbons (Fsp3) is 0.350. The lowest BCUT2D eigenvalue weighted by atomic mass is 9.94. The number of anilines is 1. The maximum absolute atomic E-state index is 12.6. The normalized spacial score (nSPS) is 16.6. The van der Waals surface area contributed by atoms with E-state index in [4.69, 9.17) is 5.73 Å². The van der Waals surface area contributed by atoms with Crippen LogP contribution in [0.15, 0.2) is 53.4 Å². The first-order valence-corrected chi connectivity index (χ1v) is 10.5. The Morgan fingerprint density at radius 2 is 1.81 bits per heavy atom. The zero-order chi connectivity index (χ0) is 19.6. The molecule has 0 radical (unpaired) electrons. The van der Waals surface area contributed by atoms with E-state index >= 15 is 0 Å². The standard InChI is InChI=1S/C20H25N3O3S/c1-13-8-9-17(12-18(13)27(25,26)23-16-10-11-16)22-20(24)14(2)19(21)15-6-4-3-5-7-15/h3-9,12,14,16,19,23H,10-11,21H2,1-2H3,(H,22,24). The molecule has 1 aliphatic carbocycles. The van der Waals surface area contributed by atoms with Gasteiger partial charge in [-0.1, -0.05) is 43.3 Å². The second-order valence-corrected chi connectivity index (χ2v) is 8.77. The minimum absolute atomic E-state index is 0.0246. The monoisotopic (exact) mass is 387 g/mol. The molecule has 1 aliphatic rings. The topological polar surface area (TPSA) is 101 Å². The molecule has 6 nitrogen and oxygen atoms in total. The van der Waals surface area contributed by atoms with Crippen LogP contribution in [-0.4, -0.2) is 20.4 Å². The number of rotatable bonds is 7. The molecule has 0 spiro atoms. The van der Waals surface area contributed by atoms with Gasteiger partial charge in [0.25, 0.3) is 0 Å². The van der Waals surface area contributed by atoms with Gasteiger partial charge in [0, 0.05) is 17.8 Å². The molecule has 2 aromatic carbocycles. The number of hydrogen-bond acceptors (Lipinski definition) is 4. The molecule has 0 saturated heterocycles. The van der Waals surface area contributed by atoms with Crippen LogP contribution in [0, 0.1) is 12.8 Å². The Morgan fingerprint density at radius 1 is 1.15 bits per heavy atom. The predicted octanol–water partition coefficient (Wildman–Crippen LogP) is 2.71. The maximum atomic E-state index is 12.6. The van der Waals surface area contributed by atoms with Crippen molar-refractivity contribution in [2.45, 2.75) is 43.7 Å². The van der Waals surface area contributed by atoms with Crippen LogP contribution in [0.3, 0.4) is 0 Å². The molecular formula is C20H25N3O3S. The summed E-state index contributed by atoms with van der Waals surface area (Å²) in [5.74, 6) is -0.730. The number of nitrogens with two attached hydrogens (primary N) is 1. The fourth-order valence-corrected chi connectivity index (χ4v) is 4.41. The van der Waals surface area contributed by atoms with E-state index in [1.807, 2.05) is 30.3 Å². The summed E-state index contributed by atoms with van der Waals surface area (Å²) in [5, 5.41) is 2.79. The van der Waals surface area contributed by atoms with E-state index in [1.54, 1.807) is 26.0 Å². The van der Waals surface area contributed by atoms with Gasteiger partial charge in [0.1, 0.15) is 0 Å². The minimum Gasteiger partial charge on any atom is -0.326 e. The van der Waals surface area contributed by atoms with E-state index in [1.165, 1.54) is 6.07 Å². The number of amides is 1. The van der Waals surface area contributed by atoms with Crippen LogP contribution in [-0.2, 0) is 14.8 Å². The summed E-state index contributed by atoms with van der Waals surface area (Å²) < 4.78 is 27.7. The molecule has 0 bridgehead atoms. The van der Waals surface area contributed by atoms with Gasteiger partial charge < -0.3 is 11.1 Å². The Morgan fingerprint density at radius 3 is 2.44 bits per heavy atom. The number of hydrogen-bond donors (Lipinski definition) is 3. The highest BCUT2D eigenvalue weighted by molar-refractivity contribution is 7.89. The molecule has 0 heterocycles. The quantitative estimate of drug-likeness (QED) is 0.680. The third kappa shape index (κ3) is 4.74. The Kier molecular flexibility index (Phi) is 5.64. The van der Waals surface area contributed by atoms with Gasteiger partial charge in [0.2, 0.25) is 15.9 Å². The van der Waals surface area contributed by atoms with E-state index in [0.29, 0.717) is 11.3 Å². The van der Waals surface area contributed by atoms with E-state index in [2.05, 4.69) is 10.0 Å². The van der Waals surface area contributed by atoms with Crippen molar-refractivity contribution in [2.75, 3.05) is 5.32 Å². The molecule has 1 amide bonds. The summed E-state index contributed by atoms with van der Waals surface area (Å²) in [6.07, 6.45) is 1.73. The first kappa shape index (κ1) is 19.5. The molecule has 2 atom stereocenters. The van der Waals surface area contributed by atoms with Gasteiger partial charge in [-0.2, -0.15) is 0 Å². The fourth-order valence-electron chi connectivity index (χ4n) is 2.83. The number of benzene rings is 2. The SMILES string of the molecule is Cc1ccc(NC(=O)C(C)C(N)c2ccccc2)cc1S(=O)(=O)NC1CC1. The van der Waals surface area contributed by atoms with Crippen LogP contribution in [0.1, 0.15) is 36.9 Å². The Balaban J connectivity index is 1.75. The number of nitrogens with one attached hydrogen (secondary N) is 2. The van der Waals surface area contributed by atoms with Gasteiger partial charge >= 0.3 is 0 Å². The van der Waals surface area contributed by atoms with Crippen molar-refractivity contribution in [3.63, 3.8) is 0 Å². The van der Waals surface area contributed by atoms with Crippen LogP contribution in [0.5, 0.6) is 0 Å². The Hall–Kier alpha value is -2.22. The first-order chi connectivity index (χ1) is 12.8. The lowest BCUT2D eigenvalue weighted by Crippen LogP contribution is -2.30. The average Bonchev–Trinajstić information content (AvgIpc) is 3.45. The zero-order valence-electron chi connectivity index (χ0n) is 15.5. The number of aryl methyl sites for hydroxylation is 1. The van der Waals surface area contributed by atoms with Crippen LogP contribution in [0.25, 0.3) is 0 Å². The van der Waals surface area contributed by atoms with Crippen LogP contribution in [0.2, 0.25) is 0 Å². The summed E-state index contributed by atoms with van der Waals surface area (Å²) >= 11 is 0. The smallest absolute Gasteiger partial charge is 0.241 e. The van der Waals surface area contributed by atoms with Crippen molar-refractivity contribution < 1.29 is 13.2 Å². The average molecular weight is 388 g/mol. The van der Waals surface area contributed by atoms with Gasteiger partial charge in [0.05, 0.1) is 10.8 Å². The highest BCUT2D eigenvalue weighted by Crippen LogP contribution is 2.26. The number of carbonyl (C=O) groups is 1. The molecule has 2 unspecified atom stereocenters. The molecular weight excluding hydrogens is 362 g/mol. The van der Waals surface area contributed by atoms with E-state index < -0.39 is 22.0 Å². The number of sulfonamides is 1. The summed E-state index contributed by atoms with van der Waals surface area (Å²) in [5.41, 5.74) is 8.16. The van der Waals surface area contributed by atoms with Crippen molar-refractivity contribution >= 4 is 21.6 Å². The van der Waals surface area contributed by atoms with Crippen molar-refractivity contribution in [1.29, 1.82) is 0 Å². The van der Waals surface area contributed by atoms with E-state index in [0.717, 1.165) is 18.4 Å². The summed E-state index contributed by atoms with van der Waals surface area (Å²) in [7, 11) is -3.59. The molecule has 2 aromatic rings. The second kappa shape index (κ2) is 7.80. The Bertz CT molecular complexity index is 925. The third-order valence-electron chi connectivity index (χ3n) is 4.78. The molecule has 1 saturated carbocycles. The lowest BCUT2D eigenvalue weighted by molar-refractivity contribution is -0.120. The predicted molar refractivity (Wildman–Crippen MR) is 106 cm³/mol. The van der Waals surface area contributed by atoms with Gasteiger partial charge in [0.15, 0.2) is 0 Å². The first-order valence-electron chi connectivity index (χ1n) is 9.02. The molecule has 3 rings (SSSR count). The minimum atomic E-state index is -3.59. The van der Waals surface area contributed by atoms with Gasteiger partial charge in [-0.25, -0.2) is 13.1 Å². The van der Waals surface area contributed by atoms with Gasteiger partial charge in [-0.3, -0.25) is 4.79 Å². The molecule has 144 valence electrons. The van der Waals surface area contributed by atoms with Gasteiger partial charge in [-0.15, -0.1) is 0 Å². The molecule has 7 heteroatoms. The molecule has 0 aliphatic heterocycles. The maximum Gasteiger partial charge on any atom is 0.241 e. The van der Waals surface area contributed by atoms with Crippen LogP contribution in [0.4, 0.5) is 5.69 Å². The highest BCUT2D eigenvalue weighted by Gasteiger charge is 2.29. The van der Waals surface area contributed by atoms with Crippen molar-refractivity contribution in [2.24, 2.45) is 11.7 Å². The van der Waals surface area contributed by atoms with E-state index in [9.17, 15) is 13.2 Å². The van der Waals surface area contributed by atoms with Crippen LogP contribution >= 0.6 is 0 Å². The third-order valence-corrected chi connectivity index (χ3v) is 6.44.